The topological polar surface area (TPSA) is 73.0 Å². The Morgan fingerprint density at radius 3 is 2.64 bits per heavy atom. The number of nitrogens with one attached hydrogen (secondary N) is 1. The highest BCUT2D eigenvalue weighted by Crippen LogP contribution is 2.27. The Hall–Kier alpha value is -3.41. The van der Waals surface area contributed by atoms with Gasteiger partial charge in [0.15, 0.2) is 5.82 Å². The van der Waals surface area contributed by atoms with Gasteiger partial charge in [0.2, 0.25) is 5.91 Å². The summed E-state index contributed by atoms with van der Waals surface area (Å²) in [6.45, 7) is 8.00. The molecule has 0 atom stereocenters. The fourth-order valence-corrected chi connectivity index (χ4v) is 3.35. The number of benzene rings is 1. The summed E-state index contributed by atoms with van der Waals surface area (Å²) in [5, 5.41) is 8.30. The minimum atomic E-state index is -0.110. The third-order valence-corrected chi connectivity index (χ3v) is 4.95. The molecule has 4 aromatic rings. The lowest BCUT2D eigenvalue weighted by molar-refractivity contribution is -0.115. The van der Waals surface area contributed by atoms with Gasteiger partial charge in [-0.25, -0.2) is 9.67 Å². The number of carbonyl (C=O) groups excluding carboxylic acids is 1. The molecule has 3 heterocycles. The number of anilines is 1. The highest BCUT2D eigenvalue weighted by molar-refractivity contribution is 5.95. The molecule has 0 aliphatic heterocycles. The molecule has 0 aliphatic carbocycles. The largest absolute Gasteiger partial charge is 0.464 e. The minimum absolute atomic E-state index is 0.110. The fraction of sp³-hybridized carbons (Fsp3) is 0.227. The van der Waals surface area contributed by atoms with E-state index in [1.807, 2.05) is 52.0 Å². The SMILES string of the molecule is Cc1cc(C)n(-c2ccc(NC(=O)Cc3coc4c(C)c(C)ccc34)cn2)n1. The van der Waals surface area contributed by atoms with Gasteiger partial charge in [-0.3, -0.25) is 4.79 Å². The molecule has 0 unspecified atom stereocenters. The predicted octanol–water partition coefficient (Wildman–Crippen LogP) is 4.43. The van der Waals surface area contributed by atoms with E-state index in [-0.39, 0.29) is 12.3 Å². The van der Waals surface area contributed by atoms with Crippen LogP contribution in [-0.4, -0.2) is 20.7 Å². The highest BCUT2D eigenvalue weighted by Gasteiger charge is 2.13. The summed E-state index contributed by atoms with van der Waals surface area (Å²) >= 11 is 0. The normalized spacial score (nSPS) is 11.1. The molecule has 4 rings (SSSR count). The van der Waals surface area contributed by atoms with Crippen molar-refractivity contribution >= 4 is 22.6 Å². The van der Waals surface area contributed by atoms with E-state index in [0.29, 0.717) is 5.69 Å². The van der Waals surface area contributed by atoms with Crippen molar-refractivity contribution in [3.8, 4) is 5.82 Å². The van der Waals surface area contributed by atoms with Crippen LogP contribution < -0.4 is 5.32 Å². The average molecular weight is 374 g/mol. The molecule has 0 radical (unpaired) electrons. The van der Waals surface area contributed by atoms with E-state index in [2.05, 4.69) is 21.5 Å². The van der Waals surface area contributed by atoms with Crippen LogP contribution in [0.2, 0.25) is 0 Å². The number of fused-ring (bicyclic) bond motifs is 1. The lowest BCUT2D eigenvalue weighted by Gasteiger charge is -2.07. The first kappa shape index (κ1) is 18.0. The van der Waals surface area contributed by atoms with Crippen molar-refractivity contribution in [1.82, 2.24) is 14.8 Å². The molecule has 0 fully saturated rings. The summed E-state index contributed by atoms with van der Waals surface area (Å²) in [5.74, 6) is 0.608. The minimum Gasteiger partial charge on any atom is -0.464 e. The molecule has 0 saturated heterocycles. The number of furan rings is 1. The van der Waals surface area contributed by atoms with Crippen molar-refractivity contribution in [1.29, 1.82) is 0 Å². The fourth-order valence-electron chi connectivity index (χ4n) is 3.35. The predicted molar refractivity (Wildman–Crippen MR) is 109 cm³/mol. The number of aryl methyl sites for hydroxylation is 4. The third-order valence-electron chi connectivity index (χ3n) is 4.95. The molecule has 0 aliphatic rings. The van der Waals surface area contributed by atoms with Crippen LogP contribution in [0.5, 0.6) is 0 Å². The summed E-state index contributed by atoms with van der Waals surface area (Å²) in [6.07, 6.45) is 3.56. The summed E-state index contributed by atoms with van der Waals surface area (Å²) in [6, 6.07) is 9.73. The van der Waals surface area contributed by atoms with Crippen LogP contribution in [0.1, 0.15) is 28.1 Å². The van der Waals surface area contributed by atoms with E-state index < -0.39 is 0 Å². The number of hydrogen-bond acceptors (Lipinski definition) is 4. The summed E-state index contributed by atoms with van der Waals surface area (Å²) < 4.78 is 7.47. The van der Waals surface area contributed by atoms with E-state index in [9.17, 15) is 4.79 Å². The summed E-state index contributed by atoms with van der Waals surface area (Å²) in [5.41, 5.74) is 6.60. The van der Waals surface area contributed by atoms with Gasteiger partial charge in [-0.1, -0.05) is 12.1 Å². The van der Waals surface area contributed by atoms with Crippen LogP contribution >= 0.6 is 0 Å². The van der Waals surface area contributed by atoms with Gasteiger partial charge in [0.1, 0.15) is 5.58 Å². The second-order valence-electron chi connectivity index (χ2n) is 7.11. The van der Waals surface area contributed by atoms with Crippen molar-refractivity contribution in [2.75, 3.05) is 5.32 Å². The van der Waals surface area contributed by atoms with Crippen molar-refractivity contribution in [3.05, 3.63) is 70.9 Å². The number of pyridine rings is 1. The van der Waals surface area contributed by atoms with E-state index in [0.717, 1.165) is 39.3 Å². The van der Waals surface area contributed by atoms with Crippen LogP contribution in [0.15, 0.2) is 47.2 Å². The second-order valence-corrected chi connectivity index (χ2v) is 7.11. The van der Waals surface area contributed by atoms with Crippen molar-refractivity contribution in [3.63, 3.8) is 0 Å². The first-order chi connectivity index (χ1) is 13.4. The first-order valence-corrected chi connectivity index (χ1v) is 9.18. The lowest BCUT2D eigenvalue weighted by atomic mass is 10.0. The molecule has 1 N–H and O–H groups in total. The van der Waals surface area contributed by atoms with Gasteiger partial charge in [-0.15, -0.1) is 0 Å². The molecule has 3 aromatic heterocycles. The molecule has 0 bridgehead atoms. The molecule has 6 heteroatoms. The molecule has 0 saturated carbocycles. The zero-order chi connectivity index (χ0) is 19.8. The second kappa shape index (κ2) is 6.96. The first-order valence-electron chi connectivity index (χ1n) is 9.18. The molecule has 1 amide bonds. The standard InChI is InChI=1S/C22H22N4O2/c1-13-5-7-19-17(12-28-22(19)16(13)4)10-21(27)24-18-6-8-20(23-11-18)26-15(3)9-14(2)25-26/h5-9,11-12H,10H2,1-4H3,(H,24,27). The maximum absolute atomic E-state index is 12.5. The smallest absolute Gasteiger partial charge is 0.228 e. The van der Waals surface area contributed by atoms with Gasteiger partial charge in [-0.05, 0) is 57.0 Å². The van der Waals surface area contributed by atoms with Crippen LogP contribution in [0.3, 0.4) is 0 Å². The average Bonchev–Trinajstić information content (AvgIpc) is 3.22. The van der Waals surface area contributed by atoms with Crippen LogP contribution in [0, 0.1) is 27.7 Å². The number of aromatic nitrogens is 3. The van der Waals surface area contributed by atoms with E-state index in [1.165, 1.54) is 5.56 Å². The van der Waals surface area contributed by atoms with Crippen molar-refractivity contribution in [2.24, 2.45) is 0 Å². The van der Waals surface area contributed by atoms with Gasteiger partial charge in [0, 0.05) is 16.6 Å². The zero-order valence-electron chi connectivity index (χ0n) is 16.4. The van der Waals surface area contributed by atoms with E-state index >= 15 is 0 Å². The number of nitrogens with zero attached hydrogens (tertiary/aromatic N) is 3. The van der Waals surface area contributed by atoms with E-state index in [1.54, 1.807) is 17.1 Å². The molecular weight excluding hydrogens is 352 g/mol. The molecule has 28 heavy (non-hydrogen) atoms. The number of rotatable bonds is 4. The maximum Gasteiger partial charge on any atom is 0.228 e. The summed E-state index contributed by atoms with van der Waals surface area (Å²) in [7, 11) is 0. The van der Waals surface area contributed by atoms with Gasteiger partial charge < -0.3 is 9.73 Å². The molecule has 0 spiro atoms. The van der Waals surface area contributed by atoms with Crippen LogP contribution in [0.4, 0.5) is 5.69 Å². The quantitative estimate of drug-likeness (QED) is 0.574. The molecule has 1 aromatic carbocycles. The number of hydrogen-bond donors (Lipinski definition) is 1. The molecular formula is C22H22N4O2. The molecule has 142 valence electrons. The lowest BCUT2D eigenvalue weighted by Crippen LogP contribution is -2.14. The van der Waals surface area contributed by atoms with Gasteiger partial charge in [-0.2, -0.15) is 5.10 Å². The molecule has 6 nitrogen and oxygen atoms in total. The number of amides is 1. The van der Waals surface area contributed by atoms with Gasteiger partial charge in [0.25, 0.3) is 0 Å². The van der Waals surface area contributed by atoms with Crippen LogP contribution in [0.25, 0.3) is 16.8 Å². The van der Waals surface area contributed by atoms with Crippen molar-refractivity contribution in [2.45, 2.75) is 34.1 Å². The van der Waals surface area contributed by atoms with Gasteiger partial charge in [0.05, 0.1) is 30.3 Å². The number of carbonyl (C=O) groups is 1. The monoisotopic (exact) mass is 374 g/mol. The Kier molecular flexibility index (Phi) is 4.47. The van der Waals surface area contributed by atoms with Crippen molar-refractivity contribution < 1.29 is 9.21 Å². The Balaban J connectivity index is 1.48. The highest BCUT2D eigenvalue weighted by atomic mass is 16.3. The van der Waals surface area contributed by atoms with Crippen LogP contribution in [-0.2, 0) is 11.2 Å². The van der Waals surface area contributed by atoms with E-state index in [4.69, 9.17) is 4.42 Å². The Labute approximate surface area is 163 Å². The third kappa shape index (κ3) is 3.29. The van der Waals surface area contributed by atoms with Gasteiger partial charge >= 0.3 is 0 Å². The Morgan fingerprint density at radius 2 is 1.96 bits per heavy atom. The Morgan fingerprint density at radius 1 is 1.14 bits per heavy atom. The summed E-state index contributed by atoms with van der Waals surface area (Å²) in [4.78, 5) is 16.9. The Bertz CT molecular complexity index is 1170. The maximum atomic E-state index is 12.5. The zero-order valence-corrected chi connectivity index (χ0v) is 16.4.